The standard InChI is InChI=1S/C25H32BN5O4/c1-15(2)21(31-25(34)35-3)24(33)30-20(14-28-23(32)17-7-5-4-6-8-17)22-27-13-19(29-22)16-9-11-18(26)12-10-16/h4-12,15,19-21H,13-14,26H2,1-3H3,(H,27,29)(H,28,32)(H,30,33)(H,31,34)/t19?,20-,21-/m0/s1. The third kappa shape index (κ3) is 7.08. The van der Waals surface area contributed by atoms with Crippen LogP contribution >= 0.6 is 0 Å². The summed E-state index contributed by atoms with van der Waals surface area (Å²) in [6.07, 6.45) is -0.691. The topological polar surface area (TPSA) is 121 Å². The second-order valence-electron chi connectivity index (χ2n) is 8.82. The maximum atomic E-state index is 13.1. The van der Waals surface area contributed by atoms with Crippen molar-refractivity contribution in [3.05, 3.63) is 65.7 Å². The van der Waals surface area contributed by atoms with E-state index in [1.54, 1.807) is 24.3 Å². The number of hydrogen-bond acceptors (Lipinski definition) is 6. The number of rotatable bonds is 9. The summed E-state index contributed by atoms with van der Waals surface area (Å²) < 4.78 is 4.66. The fourth-order valence-corrected chi connectivity index (χ4v) is 3.74. The number of nitrogens with one attached hydrogen (secondary N) is 4. The molecule has 1 unspecified atom stereocenters. The maximum Gasteiger partial charge on any atom is 0.407 e. The molecule has 0 aromatic heterocycles. The first-order valence-corrected chi connectivity index (χ1v) is 11.6. The van der Waals surface area contributed by atoms with Crippen LogP contribution in [0.25, 0.3) is 0 Å². The highest BCUT2D eigenvalue weighted by atomic mass is 16.5. The van der Waals surface area contributed by atoms with E-state index >= 15 is 0 Å². The number of benzene rings is 2. The Morgan fingerprint density at radius 2 is 1.77 bits per heavy atom. The molecular formula is C25H32BN5O4. The van der Waals surface area contributed by atoms with Gasteiger partial charge in [-0.3, -0.25) is 14.6 Å². The first-order chi connectivity index (χ1) is 16.8. The number of ether oxygens (including phenoxy) is 1. The monoisotopic (exact) mass is 477 g/mol. The van der Waals surface area contributed by atoms with Crippen LogP contribution in [0.3, 0.4) is 0 Å². The molecule has 35 heavy (non-hydrogen) atoms. The van der Waals surface area contributed by atoms with E-state index in [4.69, 9.17) is 4.99 Å². The van der Waals surface area contributed by atoms with Crippen LogP contribution in [0.4, 0.5) is 4.79 Å². The number of carbonyl (C=O) groups excluding carboxylic acids is 3. The molecule has 2 aromatic rings. The Morgan fingerprint density at radius 1 is 1.09 bits per heavy atom. The molecule has 4 N–H and O–H groups in total. The lowest BCUT2D eigenvalue weighted by Gasteiger charge is -2.25. The van der Waals surface area contributed by atoms with Gasteiger partial charge in [-0.05, 0) is 23.6 Å². The van der Waals surface area contributed by atoms with Gasteiger partial charge in [0.25, 0.3) is 5.91 Å². The Kier molecular flexibility index (Phi) is 8.89. The van der Waals surface area contributed by atoms with Gasteiger partial charge >= 0.3 is 6.09 Å². The van der Waals surface area contributed by atoms with Crippen LogP contribution in [-0.4, -0.2) is 63.9 Å². The van der Waals surface area contributed by atoms with Crippen molar-refractivity contribution in [2.45, 2.75) is 32.0 Å². The highest BCUT2D eigenvalue weighted by Crippen LogP contribution is 2.20. The number of carbonyl (C=O) groups is 3. The third-order valence-electron chi connectivity index (χ3n) is 5.79. The van der Waals surface area contributed by atoms with Crippen molar-refractivity contribution in [2.75, 3.05) is 20.2 Å². The summed E-state index contributed by atoms with van der Waals surface area (Å²) in [5, 5.41) is 11.7. The van der Waals surface area contributed by atoms with Gasteiger partial charge in [-0.1, -0.05) is 61.8 Å². The van der Waals surface area contributed by atoms with E-state index in [0.717, 1.165) is 11.0 Å². The molecule has 0 spiro atoms. The first-order valence-electron chi connectivity index (χ1n) is 11.6. The fourth-order valence-electron chi connectivity index (χ4n) is 3.74. The van der Waals surface area contributed by atoms with Gasteiger partial charge in [-0.15, -0.1) is 0 Å². The minimum absolute atomic E-state index is 0.107. The molecule has 3 atom stereocenters. The number of amides is 3. The van der Waals surface area contributed by atoms with Crippen LogP contribution < -0.4 is 26.7 Å². The van der Waals surface area contributed by atoms with Gasteiger partial charge in [0.1, 0.15) is 25.8 Å². The van der Waals surface area contributed by atoms with Crippen LogP contribution in [-0.2, 0) is 9.53 Å². The highest BCUT2D eigenvalue weighted by Gasteiger charge is 2.31. The molecule has 0 radical (unpaired) electrons. The molecule has 0 saturated heterocycles. The molecule has 184 valence electrons. The number of nitrogens with zero attached hydrogens (tertiary/aromatic N) is 1. The zero-order chi connectivity index (χ0) is 25.4. The van der Waals surface area contributed by atoms with E-state index in [1.165, 1.54) is 7.11 Å². The molecule has 0 fully saturated rings. The molecule has 3 amide bonds. The van der Waals surface area contributed by atoms with E-state index in [-0.39, 0.29) is 24.4 Å². The van der Waals surface area contributed by atoms with Crippen molar-refractivity contribution in [1.82, 2.24) is 21.3 Å². The van der Waals surface area contributed by atoms with E-state index < -0.39 is 24.1 Å². The lowest BCUT2D eigenvalue weighted by molar-refractivity contribution is -0.124. The predicted octanol–water partition coefficient (Wildman–Crippen LogP) is 0.283. The van der Waals surface area contributed by atoms with Gasteiger partial charge in [0, 0.05) is 18.7 Å². The summed E-state index contributed by atoms with van der Waals surface area (Å²) in [7, 11) is 3.27. The number of methoxy groups -OCH3 is 1. The summed E-state index contributed by atoms with van der Waals surface area (Å²) in [4.78, 5) is 42.3. The van der Waals surface area contributed by atoms with Gasteiger partial charge in [-0.25, -0.2) is 4.79 Å². The maximum absolute atomic E-state index is 13.1. The molecular weight excluding hydrogens is 445 g/mol. The van der Waals surface area contributed by atoms with Crippen LogP contribution in [0.2, 0.25) is 0 Å². The van der Waals surface area contributed by atoms with Crippen molar-refractivity contribution >= 4 is 37.1 Å². The molecule has 1 aliphatic rings. The van der Waals surface area contributed by atoms with E-state index in [2.05, 4.69) is 26.0 Å². The average molecular weight is 477 g/mol. The lowest BCUT2D eigenvalue weighted by atomic mass is 9.94. The van der Waals surface area contributed by atoms with Crippen LogP contribution in [0.5, 0.6) is 0 Å². The van der Waals surface area contributed by atoms with Crippen LogP contribution in [0.1, 0.15) is 35.8 Å². The number of aliphatic imine (C=N–C) groups is 1. The number of amidine groups is 1. The molecule has 0 bridgehead atoms. The summed E-state index contributed by atoms with van der Waals surface area (Å²) in [5.41, 5.74) is 2.74. The van der Waals surface area contributed by atoms with Crippen LogP contribution in [0.15, 0.2) is 59.6 Å². The van der Waals surface area contributed by atoms with Crippen molar-refractivity contribution in [3.8, 4) is 0 Å². The normalized spacial score (nSPS) is 16.5. The highest BCUT2D eigenvalue weighted by molar-refractivity contribution is 6.32. The van der Waals surface area contributed by atoms with Crippen LogP contribution in [0, 0.1) is 5.92 Å². The Balaban J connectivity index is 1.78. The average Bonchev–Trinajstić information content (AvgIpc) is 3.35. The van der Waals surface area contributed by atoms with E-state index in [1.807, 2.05) is 52.0 Å². The summed E-state index contributed by atoms with van der Waals surface area (Å²) >= 11 is 0. The Hall–Kier alpha value is -3.82. The Morgan fingerprint density at radius 3 is 2.40 bits per heavy atom. The zero-order valence-electron chi connectivity index (χ0n) is 20.5. The zero-order valence-corrected chi connectivity index (χ0v) is 20.5. The summed E-state index contributed by atoms with van der Waals surface area (Å²) in [6, 6.07) is 15.4. The van der Waals surface area contributed by atoms with Gasteiger partial charge in [0.15, 0.2) is 0 Å². The van der Waals surface area contributed by atoms with E-state index in [9.17, 15) is 14.4 Å². The molecule has 1 aliphatic heterocycles. The lowest BCUT2D eigenvalue weighted by Crippen LogP contribution is -2.57. The minimum Gasteiger partial charge on any atom is -0.453 e. The molecule has 3 rings (SSSR count). The largest absolute Gasteiger partial charge is 0.453 e. The predicted molar refractivity (Wildman–Crippen MR) is 138 cm³/mol. The van der Waals surface area contributed by atoms with Gasteiger partial charge in [0.2, 0.25) is 5.91 Å². The summed E-state index contributed by atoms with van der Waals surface area (Å²) in [5.74, 6) is -0.274. The Bertz CT molecular complexity index is 1060. The first kappa shape index (κ1) is 25.8. The molecule has 2 aromatic carbocycles. The molecule has 9 nitrogen and oxygen atoms in total. The Labute approximate surface area is 206 Å². The van der Waals surface area contributed by atoms with E-state index in [0.29, 0.717) is 17.9 Å². The minimum atomic E-state index is -0.815. The molecule has 10 heteroatoms. The number of alkyl carbamates (subject to hydrolysis) is 1. The fraction of sp³-hybridized carbons (Fsp3) is 0.360. The quantitative estimate of drug-likeness (QED) is 0.387. The number of hydrogen-bond donors (Lipinski definition) is 4. The van der Waals surface area contributed by atoms with Gasteiger partial charge in [0.05, 0.1) is 13.2 Å². The second kappa shape index (κ2) is 12.1. The van der Waals surface area contributed by atoms with Crippen molar-refractivity contribution in [3.63, 3.8) is 0 Å². The van der Waals surface area contributed by atoms with Crippen molar-refractivity contribution in [2.24, 2.45) is 10.9 Å². The molecule has 1 heterocycles. The third-order valence-corrected chi connectivity index (χ3v) is 5.79. The second-order valence-corrected chi connectivity index (χ2v) is 8.82. The SMILES string of the molecule is Bc1ccc(C2CNC([C@H](CNC(=O)c3ccccc3)NC(=O)[C@@H](NC(=O)OC)C(C)C)=N2)cc1. The van der Waals surface area contributed by atoms with Gasteiger partial charge < -0.3 is 26.0 Å². The van der Waals surface area contributed by atoms with Crippen molar-refractivity contribution < 1.29 is 19.1 Å². The summed E-state index contributed by atoms with van der Waals surface area (Å²) in [6.45, 7) is 4.34. The molecule has 0 saturated carbocycles. The smallest absolute Gasteiger partial charge is 0.407 e. The van der Waals surface area contributed by atoms with Gasteiger partial charge in [-0.2, -0.15) is 0 Å². The molecule has 0 aliphatic carbocycles. The van der Waals surface area contributed by atoms with Crippen molar-refractivity contribution in [1.29, 1.82) is 0 Å².